The zero-order valence-electron chi connectivity index (χ0n) is 21.9. The molecule has 1 saturated heterocycles. The van der Waals surface area contributed by atoms with Gasteiger partial charge in [0.25, 0.3) is 0 Å². The van der Waals surface area contributed by atoms with Gasteiger partial charge in [-0.2, -0.15) is 4.98 Å². The Morgan fingerprint density at radius 3 is 2.63 bits per heavy atom. The molecule has 0 bridgehead atoms. The minimum absolute atomic E-state index is 0.00169. The summed E-state index contributed by atoms with van der Waals surface area (Å²) >= 11 is 6.45. The molecule has 1 fully saturated rings. The number of hydrogen-bond acceptors (Lipinski definition) is 10. The van der Waals surface area contributed by atoms with Crippen LogP contribution in [0.2, 0.25) is 5.02 Å². The van der Waals surface area contributed by atoms with Gasteiger partial charge >= 0.3 is 5.97 Å². The number of carbonyl (C=O) groups excluding carboxylic acids is 2. The molecular weight excluding hydrogens is 510 g/mol. The Hall–Kier alpha value is -3.86. The fraction of sp³-hybridized carbons (Fsp3) is 0.423. The Bertz CT molecular complexity index is 1270. The van der Waals surface area contributed by atoms with E-state index in [1.165, 1.54) is 0 Å². The van der Waals surface area contributed by atoms with Crippen molar-refractivity contribution >= 4 is 52.3 Å². The van der Waals surface area contributed by atoms with Gasteiger partial charge in [0.05, 0.1) is 24.7 Å². The van der Waals surface area contributed by atoms with Gasteiger partial charge in [0, 0.05) is 64.1 Å². The highest BCUT2D eigenvalue weighted by molar-refractivity contribution is 6.33. The number of piperidine rings is 1. The van der Waals surface area contributed by atoms with Gasteiger partial charge in [-0.3, -0.25) is 9.79 Å². The smallest absolute Gasteiger partial charge is 0.343 e. The highest BCUT2D eigenvalue weighted by Crippen LogP contribution is 2.31. The molecule has 202 valence electrons. The summed E-state index contributed by atoms with van der Waals surface area (Å²) in [5, 5.41) is 13.4. The second kappa shape index (κ2) is 11.7. The van der Waals surface area contributed by atoms with Crippen LogP contribution >= 0.6 is 11.6 Å². The van der Waals surface area contributed by atoms with Crippen LogP contribution in [0.3, 0.4) is 0 Å². The number of amides is 1. The van der Waals surface area contributed by atoms with Gasteiger partial charge in [0.15, 0.2) is 5.82 Å². The molecule has 0 aliphatic carbocycles. The molecule has 1 amide bonds. The highest BCUT2D eigenvalue weighted by atomic mass is 35.5. The monoisotopic (exact) mass is 541 g/mol. The SMILES string of the molecule is CN(C)C(=O)C1CCN(c2ncc(Cl)c(Nc3ccc(N(C)C)c(C4=NCCOC(=O)C4=CO)c3)n2)CC1. The van der Waals surface area contributed by atoms with Gasteiger partial charge < -0.3 is 29.9 Å². The van der Waals surface area contributed by atoms with E-state index in [2.05, 4.69) is 20.3 Å². The number of ether oxygens (including phenoxy) is 1. The Kier molecular flexibility index (Phi) is 8.35. The maximum Gasteiger partial charge on any atom is 0.343 e. The van der Waals surface area contributed by atoms with Crippen molar-refractivity contribution in [1.29, 1.82) is 0 Å². The maximum atomic E-state index is 12.4. The minimum atomic E-state index is -0.633. The number of anilines is 4. The summed E-state index contributed by atoms with van der Waals surface area (Å²) in [7, 11) is 7.32. The summed E-state index contributed by atoms with van der Waals surface area (Å²) in [5.41, 5.74) is 2.42. The molecule has 0 spiro atoms. The van der Waals surface area contributed by atoms with Crippen LogP contribution in [-0.2, 0) is 14.3 Å². The van der Waals surface area contributed by atoms with Crippen molar-refractivity contribution in [2.45, 2.75) is 12.8 Å². The van der Waals surface area contributed by atoms with Crippen molar-refractivity contribution in [2.75, 3.05) is 69.5 Å². The van der Waals surface area contributed by atoms with Crippen molar-refractivity contribution in [3.05, 3.63) is 46.8 Å². The number of aliphatic hydroxyl groups is 1. The molecule has 1 aromatic carbocycles. The number of cyclic esters (lactones) is 1. The average Bonchev–Trinajstić information content (AvgIpc) is 3.10. The molecule has 1 aromatic heterocycles. The lowest BCUT2D eigenvalue weighted by atomic mass is 9.96. The summed E-state index contributed by atoms with van der Waals surface area (Å²) in [6.45, 7) is 1.74. The number of carbonyl (C=O) groups is 2. The summed E-state index contributed by atoms with van der Waals surface area (Å²) in [5.74, 6) is 0.464. The Balaban J connectivity index is 1.60. The molecule has 11 nitrogen and oxygen atoms in total. The van der Waals surface area contributed by atoms with Gasteiger partial charge in [-0.15, -0.1) is 0 Å². The molecule has 0 saturated carbocycles. The van der Waals surface area contributed by atoms with Crippen LogP contribution in [0.25, 0.3) is 0 Å². The minimum Gasteiger partial charge on any atom is -0.515 e. The number of benzene rings is 1. The molecule has 38 heavy (non-hydrogen) atoms. The summed E-state index contributed by atoms with van der Waals surface area (Å²) in [4.78, 5) is 43.9. The molecule has 3 heterocycles. The summed E-state index contributed by atoms with van der Waals surface area (Å²) in [6.07, 6.45) is 3.74. The van der Waals surface area contributed by atoms with Crippen LogP contribution in [0.1, 0.15) is 18.4 Å². The van der Waals surface area contributed by atoms with Gasteiger partial charge in [-0.25, -0.2) is 9.78 Å². The predicted molar refractivity (Wildman–Crippen MR) is 148 cm³/mol. The van der Waals surface area contributed by atoms with Crippen LogP contribution < -0.4 is 15.1 Å². The van der Waals surface area contributed by atoms with E-state index < -0.39 is 5.97 Å². The number of esters is 1. The van der Waals surface area contributed by atoms with E-state index in [0.717, 1.165) is 24.8 Å². The lowest BCUT2D eigenvalue weighted by Crippen LogP contribution is -2.40. The van der Waals surface area contributed by atoms with Gasteiger partial charge in [0.2, 0.25) is 11.9 Å². The standard InChI is InChI=1S/C26H32ClN7O4/c1-32(2)21-6-5-17(13-18(21)22-19(15-35)25(37)38-12-9-28-22)30-23-20(27)14-29-26(31-23)34-10-7-16(8-11-34)24(36)33(3)4/h5-6,13-16,35H,7-12H2,1-4H3,(H,29,30,31). The zero-order valence-corrected chi connectivity index (χ0v) is 22.7. The number of hydrogen-bond donors (Lipinski definition) is 2. The first kappa shape index (κ1) is 27.2. The number of rotatable bonds is 6. The largest absolute Gasteiger partial charge is 0.515 e. The van der Waals surface area contributed by atoms with E-state index in [4.69, 9.17) is 16.3 Å². The molecule has 12 heteroatoms. The molecule has 2 aromatic rings. The summed E-state index contributed by atoms with van der Waals surface area (Å²) < 4.78 is 5.13. The van der Waals surface area contributed by atoms with E-state index in [9.17, 15) is 14.7 Å². The molecule has 0 atom stereocenters. The van der Waals surface area contributed by atoms with Gasteiger partial charge in [0.1, 0.15) is 17.2 Å². The second-order valence-corrected chi connectivity index (χ2v) is 9.93. The van der Waals surface area contributed by atoms with Crippen molar-refractivity contribution < 1.29 is 19.4 Å². The van der Waals surface area contributed by atoms with Crippen molar-refractivity contribution in [3.63, 3.8) is 0 Å². The Labute approximate surface area is 226 Å². The summed E-state index contributed by atoms with van der Waals surface area (Å²) in [6, 6.07) is 5.58. The van der Waals surface area contributed by atoms with Crippen molar-refractivity contribution in [3.8, 4) is 0 Å². The lowest BCUT2D eigenvalue weighted by molar-refractivity contribution is -0.138. The first-order valence-corrected chi connectivity index (χ1v) is 12.7. The van der Waals surface area contributed by atoms with Gasteiger partial charge in [-0.1, -0.05) is 11.6 Å². The van der Waals surface area contributed by atoms with Crippen molar-refractivity contribution in [2.24, 2.45) is 10.9 Å². The van der Waals surface area contributed by atoms with E-state index >= 15 is 0 Å². The van der Waals surface area contributed by atoms with Crippen LogP contribution in [0.5, 0.6) is 0 Å². The normalized spacial score (nSPS) is 17.5. The van der Waals surface area contributed by atoms with Crippen LogP contribution in [0.4, 0.5) is 23.1 Å². The highest BCUT2D eigenvalue weighted by Gasteiger charge is 2.28. The zero-order chi connectivity index (χ0) is 27.4. The maximum absolute atomic E-state index is 12.4. The number of nitrogens with one attached hydrogen (secondary N) is 1. The topological polar surface area (TPSA) is 123 Å². The molecule has 2 aliphatic heterocycles. The molecule has 0 radical (unpaired) electrons. The van der Waals surface area contributed by atoms with E-state index in [1.54, 1.807) is 25.2 Å². The number of nitrogens with zero attached hydrogens (tertiary/aromatic N) is 6. The fourth-order valence-electron chi connectivity index (χ4n) is 4.52. The number of aliphatic hydroxyl groups excluding tert-OH is 1. The quantitative estimate of drug-likeness (QED) is 0.322. The second-order valence-electron chi connectivity index (χ2n) is 9.52. The van der Waals surface area contributed by atoms with E-state index in [-0.39, 0.29) is 30.5 Å². The van der Waals surface area contributed by atoms with E-state index in [0.29, 0.717) is 46.8 Å². The molecular formula is C26H32ClN7O4. The number of aromatic nitrogens is 2. The average molecular weight is 542 g/mol. The van der Waals surface area contributed by atoms with Crippen LogP contribution in [0, 0.1) is 5.92 Å². The Morgan fingerprint density at radius 2 is 1.97 bits per heavy atom. The predicted octanol–water partition coefficient (Wildman–Crippen LogP) is 3.03. The first-order chi connectivity index (χ1) is 18.2. The number of halogens is 1. The van der Waals surface area contributed by atoms with Crippen LogP contribution in [0.15, 0.2) is 41.2 Å². The fourth-order valence-corrected chi connectivity index (χ4v) is 4.66. The third-order valence-electron chi connectivity index (χ3n) is 6.49. The molecule has 2 aliphatic rings. The van der Waals surface area contributed by atoms with Gasteiger partial charge in [-0.05, 0) is 31.0 Å². The Morgan fingerprint density at radius 1 is 1.24 bits per heavy atom. The molecule has 0 unspecified atom stereocenters. The third kappa shape index (κ3) is 5.83. The molecule has 4 rings (SSSR count). The number of aliphatic imine (C=N–C) groups is 1. The third-order valence-corrected chi connectivity index (χ3v) is 6.77. The molecule has 2 N–H and O–H groups in total. The van der Waals surface area contributed by atoms with E-state index in [1.807, 2.05) is 42.1 Å². The lowest BCUT2D eigenvalue weighted by Gasteiger charge is -2.32. The van der Waals surface area contributed by atoms with Crippen LogP contribution in [-0.4, -0.2) is 92.0 Å². The van der Waals surface area contributed by atoms with Crippen molar-refractivity contribution in [1.82, 2.24) is 14.9 Å². The first-order valence-electron chi connectivity index (χ1n) is 12.3.